The van der Waals surface area contributed by atoms with Crippen molar-refractivity contribution in [2.24, 2.45) is 0 Å². The number of hydrogen-bond acceptors (Lipinski definition) is 0. The highest BCUT2D eigenvalue weighted by atomic mass is 35.6. The fourth-order valence-electron chi connectivity index (χ4n) is 2.34. The molecule has 0 amide bonds. The van der Waals surface area contributed by atoms with Crippen molar-refractivity contribution in [3.8, 4) is 0 Å². The molecule has 88 valence electrons. The van der Waals surface area contributed by atoms with Crippen LogP contribution in [-0.2, 0) is 5.04 Å². The van der Waals surface area contributed by atoms with Crippen LogP contribution in [-0.4, -0.2) is 8.83 Å². The average Bonchev–Trinajstić information content (AvgIpc) is 2.43. The number of hydrogen-bond donors (Lipinski definition) is 0. The zero-order chi connectivity index (χ0) is 12.1. The fraction of sp³-hybridized carbons (Fsp3) is 0.200. The van der Waals surface area contributed by atoms with Gasteiger partial charge in [0, 0.05) is 5.04 Å². The molecule has 0 aliphatic heterocycles. The standard InChI is InChI=1S/C15H17ClSi/c1-2-15(17-16,13-9-5-3-6-10-13)14-11-7-4-8-12-14/h3-12H,2,17H2,1H3. The Bertz CT molecular complexity index is 407. The zero-order valence-corrected chi connectivity index (χ0v) is 12.2. The van der Waals surface area contributed by atoms with Crippen molar-refractivity contribution in [3.05, 3.63) is 71.8 Å². The highest BCUT2D eigenvalue weighted by Crippen LogP contribution is 2.35. The van der Waals surface area contributed by atoms with E-state index >= 15 is 0 Å². The molecule has 2 rings (SSSR count). The van der Waals surface area contributed by atoms with Crippen LogP contribution >= 0.6 is 11.1 Å². The Morgan fingerprint density at radius 3 is 1.59 bits per heavy atom. The van der Waals surface area contributed by atoms with Gasteiger partial charge in [-0.25, -0.2) is 0 Å². The summed E-state index contributed by atoms with van der Waals surface area (Å²) >= 11 is 6.43. The lowest BCUT2D eigenvalue weighted by Gasteiger charge is -2.31. The van der Waals surface area contributed by atoms with E-state index in [4.69, 9.17) is 11.1 Å². The minimum Gasteiger partial charge on any atom is -0.175 e. The molecule has 17 heavy (non-hydrogen) atoms. The van der Waals surface area contributed by atoms with E-state index in [0.29, 0.717) is 0 Å². The summed E-state index contributed by atoms with van der Waals surface area (Å²) in [6, 6.07) is 21.3. The lowest BCUT2D eigenvalue weighted by Crippen LogP contribution is -2.31. The first-order valence-corrected chi connectivity index (χ1v) is 8.85. The Morgan fingerprint density at radius 2 is 1.29 bits per heavy atom. The maximum Gasteiger partial charge on any atom is 0.140 e. The molecule has 0 N–H and O–H groups in total. The summed E-state index contributed by atoms with van der Waals surface area (Å²) in [5, 5.41) is 0.0735. The molecule has 0 aliphatic carbocycles. The lowest BCUT2D eigenvalue weighted by molar-refractivity contribution is 0.691. The normalized spacial score (nSPS) is 12.1. The van der Waals surface area contributed by atoms with E-state index in [2.05, 4.69) is 67.6 Å². The molecule has 2 aromatic carbocycles. The van der Waals surface area contributed by atoms with Gasteiger partial charge in [0.05, 0.1) is 0 Å². The molecular formula is C15H17ClSi. The molecule has 0 nitrogen and oxygen atoms in total. The molecule has 0 heterocycles. The second-order valence-corrected chi connectivity index (χ2v) is 6.58. The molecule has 0 saturated carbocycles. The van der Waals surface area contributed by atoms with Crippen LogP contribution in [0.2, 0.25) is 0 Å². The van der Waals surface area contributed by atoms with Gasteiger partial charge in [-0.1, -0.05) is 67.6 Å². The van der Waals surface area contributed by atoms with Crippen LogP contribution in [0.25, 0.3) is 0 Å². The van der Waals surface area contributed by atoms with Gasteiger partial charge >= 0.3 is 0 Å². The Balaban J connectivity index is 2.54. The van der Waals surface area contributed by atoms with Gasteiger partial charge in [-0.15, -0.1) is 0 Å². The predicted molar refractivity (Wildman–Crippen MR) is 78.4 cm³/mol. The van der Waals surface area contributed by atoms with Gasteiger partial charge in [-0.3, -0.25) is 0 Å². The lowest BCUT2D eigenvalue weighted by atomic mass is 9.88. The maximum atomic E-state index is 6.43. The van der Waals surface area contributed by atoms with Gasteiger partial charge in [-0.2, -0.15) is 11.1 Å². The van der Waals surface area contributed by atoms with Gasteiger partial charge < -0.3 is 0 Å². The fourth-order valence-corrected chi connectivity index (χ4v) is 4.80. The van der Waals surface area contributed by atoms with E-state index in [1.165, 1.54) is 11.1 Å². The summed E-state index contributed by atoms with van der Waals surface area (Å²) in [5.41, 5.74) is 2.71. The molecule has 0 aromatic heterocycles. The van der Waals surface area contributed by atoms with Crippen molar-refractivity contribution in [2.75, 3.05) is 0 Å². The summed E-state index contributed by atoms with van der Waals surface area (Å²) in [5.74, 6) is 0. The predicted octanol–water partition coefficient (Wildman–Crippen LogP) is 3.66. The number of benzene rings is 2. The second kappa shape index (κ2) is 5.52. The van der Waals surface area contributed by atoms with Crippen molar-refractivity contribution >= 4 is 19.9 Å². The van der Waals surface area contributed by atoms with Crippen molar-refractivity contribution in [3.63, 3.8) is 0 Å². The van der Waals surface area contributed by atoms with E-state index in [-0.39, 0.29) is 5.04 Å². The van der Waals surface area contributed by atoms with Crippen LogP contribution in [0.1, 0.15) is 24.5 Å². The van der Waals surface area contributed by atoms with Gasteiger partial charge in [0.25, 0.3) is 0 Å². The molecule has 0 saturated heterocycles. The highest BCUT2D eigenvalue weighted by Gasteiger charge is 2.31. The molecule has 0 unspecified atom stereocenters. The summed E-state index contributed by atoms with van der Waals surface area (Å²) in [4.78, 5) is 0. The SMILES string of the molecule is CCC([SiH2]Cl)(c1ccccc1)c1ccccc1. The smallest absolute Gasteiger partial charge is 0.140 e. The third kappa shape index (κ3) is 2.31. The third-order valence-corrected chi connectivity index (χ3v) is 6.63. The third-order valence-electron chi connectivity index (χ3n) is 3.48. The molecule has 2 aromatic rings. The first kappa shape index (κ1) is 12.4. The van der Waals surface area contributed by atoms with Crippen LogP contribution in [0.15, 0.2) is 60.7 Å². The van der Waals surface area contributed by atoms with Crippen LogP contribution in [0.3, 0.4) is 0 Å². The van der Waals surface area contributed by atoms with E-state index in [9.17, 15) is 0 Å². The van der Waals surface area contributed by atoms with Crippen LogP contribution < -0.4 is 0 Å². The van der Waals surface area contributed by atoms with Gasteiger partial charge in [0.2, 0.25) is 0 Å². The molecule has 2 heteroatoms. The van der Waals surface area contributed by atoms with Gasteiger partial charge in [-0.05, 0) is 17.5 Å². The van der Waals surface area contributed by atoms with Crippen molar-refractivity contribution in [1.29, 1.82) is 0 Å². The minimum absolute atomic E-state index is 0.0735. The van der Waals surface area contributed by atoms with Crippen LogP contribution in [0.5, 0.6) is 0 Å². The molecule has 0 spiro atoms. The van der Waals surface area contributed by atoms with Crippen molar-refractivity contribution in [1.82, 2.24) is 0 Å². The van der Waals surface area contributed by atoms with E-state index in [0.717, 1.165) is 6.42 Å². The quantitative estimate of drug-likeness (QED) is 0.581. The minimum atomic E-state index is -0.703. The highest BCUT2D eigenvalue weighted by molar-refractivity contribution is 6.95. The molecule has 0 fully saturated rings. The summed E-state index contributed by atoms with van der Waals surface area (Å²) in [6.45, 7) is 2.23. The summed E-state index contributed by atoms with van der Waals surface area (Å²) < 4.78 is 0. The molecule has 0 aliphatic rings. The van der Waals surface area contributed by atoms with Gasteiger partial charge in [0.1, 0.15) is 8.83 Å². The van der Waals surface area contributed by atoms with Crippen molar-refractivity contribution < 1.29 is 0 Å². The first-order valence-electron chi connectivity index (χ1n) is 6.00. The first-order chi connectivity index (χ1) is 8.33. The Labute approximate surface area is 110 Å². The Kier molecular flexibility index (Phi) is 4.03. The van der Waals surface area contributed by atoms with Crippen LogP contribution in [0, 0.1) is 0 Å². The molecular weight excluding hydrogens is 244 g/mol. The Morgan fingerprint density at radius 1 is 0.882 bits per heavy atom. The van der Waals surface area contributed by atoms with Crippen LogP contribution in [0.4, 0.5) is 0 Å². The van der Waals surface area contributed by atoms with E-state index in [1.54, 1.807) is 0 Å². The number of rotatable bonds is 4. The van der Waals surface area contributed by atoms with E-state index < -0.39 is 8.83 Å². The Hall–Kier alpha value is -1.05. The van der Waals surface area contributed by atoms with Gasteiger partial charge in [0.15, 0.2) is 0 Å². The average molecular weight is 261 g/mol. The summed E-state index contributed by atoms with van der Waals surface area (Å²) in [7, 11) is -0.703. The largest absolute Gasteiger partial charge is 0.175 e. The second-order valence-electron chi connectivity index (χ2n) is 4.30. The molecule has 0 radical (unpaired) electrons. The molecule has 0 atom stereocenters. The monoisotopic (exact) mass is 260 g/mol. The maximum absolute atomic E-state index is 6.43. The molecule has 0 bridgehead atoms. The van der Waals surface area contributed by atoms with E-state index in [1.807, 2.05) is 0 Å². The topological polar surface area (TPSA) is 0 Å². The van der Waals surface area contributed by atoms with Crippen molar-refractivity contribution in [2.45, 2.75) is 18.4 Å². The zero-order valence-electron chi connectivity index (χ0n) is 10.1. The summed E-state index contributed by atoms with van der Waals surface area (Å²) in [6.07, 6.45) is 1.07. The number of halogens is 1.